The van der Waals surface area contributed by atoms with Gasteiger partial charge in [-0.25, -0.2) is 0 Å². The lowest BCUT2D eigenvalue weighted by atomic mass is 10.2. The Morgan fingerprint density at radius 3 is 2.35 bits per heavy atom. The number of nitro benzene ring substituents is 1. The van der Waals surface area contributed by atoms with Gasteiger partial charge in [0, 0.05) is 6.07 Å². The van der Waals surface area contributed by atoms with Crippen molar-refractivity contribution >= 4 is 28.9 Å². The van der Waals surface area contributed by atoms with Gasteiger partial charge >= 0.3 is 0 Å². The zero-order valence-electron chi connectivity index (χ0n) is 12.3. The van der Waals surface area contributed by atoms with Crippen molar-refractivity contribution in [1.29, 1.82) is 0 Å². The van der Waals surface area contributed by atoms with E-state index in [2.05, 4.69) is 5.32 Å². The number of hydrogen-bond acceptors (Lipinski definition) is 5. The number of nitro groups is 1. The Balaban J connectivity index is 2.44. The Bertz CT molecular complexity index is 764. The van der Waals surface area contributed by atoms with E-state index in [0.717, 1.165) is 0 Å². The smallest absolute Gasteiger partial charge is 0.296 e. The molecule has 2 aromatic carbocycles. The highest BCUT2D eigenvalue weighted by atomic mass is 35.5. The highest BCUT2D eigenvalue weighted by Crippen LogP contribution is 2.37. The molecule has 120 valence electrons. The van der Waals surface area contributed by atoms with E-state index < -0.39 is 10.8 Å². The molecule has 7 nitrogen and oxygen atoms in total. The van der Waals surface area contributed by atoms with Gasteiger partial charge in [0.1, 0.15) is 5.69 Å². The molecule has 1 amide bonds. The number of benzene rings is 2. The lowest BCUT2D eigenvalue weighted by Gasteiger charge is -2.12. The molecule has 0 unspecified atom stereocenters. The summed E-state index contributed by atoms with van der Waals surface area (Å²) in [4.78, 5) is 22.9. The number of nitrogens with zero attached hydrogens (tertiary/aromatic N) is 1. The van der Waals surface area contributed by atoms with Crippen LogP contribution in [-0.4, -0.2) is 25.1 Å². The standard InChI is InChI=1S/C15H13ClN2O5/c1-22-13-7-11(12(18(20)21)8-14(13)23-2)17-15(19)9-5-3-4-6-10(9)16/h3-8H,1-2H3,(H,17,19). The Labute approximate surface area is 136 Å². The van der Waals surface area contributed by atoms with Crippen molar-refractivity contribution in [3.05, 3.63) is 57.1 Å². The van der Waals surface area contributed by atoms with Crippen LogP contribution in [0.1, 0.15) is 10.4 Å². The third kappa shape index (κ3) is 3.51. The summed E-state index contributed by atoms with van der Waals surface area (Å²) in [6.45, 7) is 0. The zero-order chi connectivity index (χ0) is 17.0. The summed E-state index contributed by atoms with van der Waals surface area (Å²) in [5.41, 5.74) is -0.126. The molecule has 23 heavy (non-hydrogen) atoms. The van der Waals surface area contributed by atoms with Crippen molar-refractivity contribution in [1.82, 2.24) is 0 Å². The van der Waals surface area contributed by atoms with Gasteiger partial charge in [0.2, 0.25) is 0 Å². The van der Waals surface area contributed by atoms with Crippen molar-refractivity contribution in [3.63, 3.8) is 0 Å². The number of carbonyl (C=O) groups excluding carboxylic acids is 1. The molecule has 1 N–H and O–H groups in total. The highest BCUT2D eigenvalue weighted by Gasteiger charge is 2.22. The van der Waals surface area contributed by atoms with E-state index in [1.165, 1.54) is 32.4 Å². The third-order valence-corrected chi connectivity index (χ3v) is 3.39. The summed E-state index contributed by atoms with van der Waals surface area (Å²) in [5, 5.41) is 13.9. The Morgan fingerprint density at radius 2 is 1.78 bits per heavy atom. The van der Waals surface area contributed by atoms with Gasteiger partial charge in [-0.3, -0.25) is 14.9 Å². The number of rotatable bonds is 5. The van der Waals surface area contributed by atoms with Crippen LogP contribution in [0.4, 0.5) is 11.4 Å². The predicted octanol–water partition coefficient (Wildman–Crippen LogP) is 3.52. The van der Waals surface area contributed by atoms with Crippen LogP contribution in [0.25, 0.3) is 0 Å². The molecule has 0 atom stereocenters. The Hall–Kier alpha value is -2.80. The van der Waals surface area contributed by atoms with Crippen LogP contribution >= 0.6 is 11.6 Å². The second kappa shape index (κ2) is 6.97. The summed E-state index contributed by atoms with van der Waals surface area (Å²) in [6.07, 6.45) is 0. The van der Waals surface area contributed by atoms with Crippen molar-refractivity contribution < 1.29 is 19.2 Å². The molecule has 0 bridgehead atoms. The van der Waals surface area contributed by atoms with Crippen LogP contribution in [0.2, 0.25) is 5.02 Å². The molecule has 0 saturated heterocycles. The normalized spacial score (nSPS) is 10.0. The van der Waals surface area contributed by atoms with Gasteiger partial charge < -0.3 is 14.8 Å². The van der Waals surface area contributed by atoms with E-state index in [1.807, 2.05) is 0 Å². The maximum Gasteiger partial charge on any atom is 0.296 e. The first-order valence-corrected chi connectivity index (χ1v) is 6.82. The topological polar surface area (TPSA) is 90.7 Å². The molecule has 0 radical (unpaired) electrons. The van der Waals surface area contributed by atoms with Gasteiger partial charge in [-0.2, -0.15) is 0 Å². The molecule has 0 heterocycles. The fourth-order valence-corrected chi connectivity index (χ4v) is 2.18. The van der Waals surface area contributed by atoms with Gasteiger partial charge in [0.05, 0.1) is 35.8 Å². The number of amides is 1. The lowest BCUT2D eigenvalue weighted by Crippen LogP contribution is -2.14. The van der Waals surface area contributed by atoms with Crippen LogP contribution in [0.15, 0.2) is 36.4 Å². The van der Waals surface area contributed by atoms with Crippen LogP contribution in [-0.2, 0) is 0 Å². The van der Waals surface area contributed by atoms with Gasteiger partial charge in [0.25, 0.3) is 11.6 Å². The Kier molecular flexibility index (Phi) is 5.02. The van der Waals surface area contributed by atoms with E-state index in [-0.39, 0.29) is 33.5 Å². The second-order valence-corrected chi connectivity index (χ2v) is 4.82. The third-order valence-electron chi connectivity index (χ3n) is 3.07. The van der Waals surface area contributed by atoms with E-state index in [0.29, 0.717) is 0 Å². The number of ether oxygens (including phenoxy) is 2. The first-order chi connectivity index (χ1) is 11.0. The molecule has 2 rings (SSSR count). The van der Waals surface area contributed by atoms with Crippen LogP contribution in [0, 0.1) is 10.1 Å². The lowest BCUT2D eigenvalue weighted by molar-refractivity contribution is -0.384. The maximum absolute atomic E-state index is 12.3. The highest BCUT2D eigenvalue weighted by molar-refractivity contribution is 6.34. The van der Waals surface area contributed by atoms with Gasteiger partial charge in [-0.05, 0) is 12.1 Å². The van der Waals surface area contributed by atoms with Gasteiger partial charge in [0.15, 0.2) is 11.5 Å². The zero-order valence-corrected chi connectivity index (χ0v) is 13.1. The molecule has 0 aliphatic heterocycles. The molecular formula is C15H13ClN2O5. The van der Waals surface area contributed by atoms with Crippen molar-refractivity contribution in [2.75, 3.05) is 19.5 Å². The summed E-state index contributed by atoms with van der Waals surface area (Å²) >= 11 is 5.95. The first-order valence-electron chi connectivity index (χ1n) is 6.44. The fourth-order valence-electron chi connectivity index (χ4n) is 1.95. The summed E-state index contributed by atoms with van der Waals surface area (Å²) in [6, 6.07) is 8.90. The SMILES string of the molecule is COc1cc(NC(=O)c2ccccc2Cl)c([N+](=O)[O-])cc1OC. The summed E-state index contributed by atoms with van der Waals surface area (Å²) < 4.78 is 10.1. The number of halogens is 1. The van der Waals surface area contributed by atoms with E-state index in [9.17, 15) is 14.9 Å². The van der Waals surface area contributed by atoms with Crippen molar-refractivity contribution in [3.8, 4) is 11.5 Å². The number of carbonyl (C=O) groups is 1. The van der Waals surface area contributed by atoms with Crippen molar-refractivity contribution in [2.45, 2.75) is 0 Å². The summed E-state index contributed by atoms with van der Waals surface area (Å²) in [5.74, 6) is -0.117. The molecular weight excluding hydrogens is 324 g/mol. The second-order valence-electron chi connectivity index (χ2n) is 4.42. The predicted molar refractivity (Wildman–Crippen MR) is 85.6 cm³/mol. The first kappa shape index (κ1) is 16.6. The minimum Gasteiger partial charge on any atom is -0.493 e. The average Bonchev–Trinajstić information content (AvgIpc) is 2.54. The minimum atomic E-state index is -0.621. The molecule has 0 saturated carbocycles. The van der Waals surface area contributed by atoms with E-state index in [4.69, 9.17) is 21.1 Å². The Morgan fingerprint density at radius 1 is 1.17 bits per heavy atom. The minimum absolute atomic E-state index is 0.0161. The largest absolute Gasteiger partial charge is 0.493 e. The molecule has 2 aromatic rings. The molecule has 0 aromatic heterocycles. The van der Waals surface area contributed by atoms with Gasteiger partial charge in [-0.1, -0.05) is 23.7 Å². The van der Waals surface area contributed by atoms with Crippen LogP contribution < -0.4 is 14.8 Å². The molecule has 0 fully saturated rings. The average molecular weight is 337 g/mol. The van der Waals surface area contributed by atoms with Gasteiger partial charge in [-0.15, -0.1) is 0 Å². The van der Waals surface area contributed by atoms with Crippen LogP contribution in [0.5, 0.6) is 11.5 Å². The number of nitrogens with one attached hydrogen (secondary N) is 1. The number of anilines is 1. The molecule has 0 aliphatic carbocycles. The fraction of sp³-hybridized carbons (Fsp3) is 0.133. The van der Waals surface area contributed by atoms with Crippen molar-refractivity contribution in [2.24, 2.45) is 0 Å². The molecule has 0 aliphatic rings. The molecule has 8 heteroatoms. The summed E-state index contributed by atoms with van der Waals surface area (Å²) in [7, 11) is 2.76. The quantitative estimate of drug-likeness (QED) is 0.666. The molecule has 0 spiro atoms. The maximum atomic E-state index is 12.3. The monoisotopic (exact) mass is 336 g/mol. The number of methoxy groups -OCH3 is 2. The van der Waals surface area contributed by atoms with E-state index >= 15 is 0 Å². The van der Waals surface area contributed by atoms with E-state index in [1.54, 1.807) is 18.2 Å². The number of hydrogen-bond donors (Lipinski definition) is 1. The van der Waals surface area contributed by atoms with Crippen LogP contribution in [0.3, 0.4) is 0 Å².